The average Bonchev–Trinajstić information content (AvgIpc) is 2.45. The summed E-state index contributed by atoms with van der Waals surface area (Å²) in [5, 5.41) is 3.83. The van der Waals surface area contributed by atoms with Crippen molar-refractivity contribution in [3.63, 3.8) is 0 Å². The number of ether oxygens (including phenoxy) is 2. The molecule has 0 aliphatic carbocycles. The van der Waals surface area contributed by atoms with E-state index in [1.54, 1.807) is 14.2 Å². The van der Waals surface area contributed by atoms with Crippen LogP contribution in [0.1, 0.15) is 24.8 Å². The Morgan fingerprint density at radius 2 is 2.05 bits per heavy atom. The molecule has 0 aliphatic heterocycles. The van der Waals surface area contributed by atoms with Gasteiger partial charge in [-0.05, 0) is 31.0 Å². The second-order valence-electron chi connectivity index (χ2n) is 4.10. The fourth-order valence-corrected chi connectivity index (χ4v) is 2.08. The number of rotatable bonds is 8. The Labute approximate surface area is 122 Å². The summed E-state index contributed by atoms with van der Waals surface area (Å²) in [4.78, 5) is 11.6. The van der Waals surface area contributed by atoms with E-state index in [0.29, 0.717) is 13.0 Å². The van der Waals surface area contributed by atoms with E-state index in [0.717, 1.165) is 35.2 Å². The summed E-state index contributed by atoms with van der Waals surface area (Å²) in [6.07, 6.45) is 2.46. The molecule has 0 heterocycles. The number of carbonyl (C=O) groups is 1. The average molecular weight is 330 g/mol. The molecular weight excluding hydrogens is 310 g/mol. The predicted octanol–water partition coefficient (Wildman–Crippen LogP) is 2.89. The van der Waals surface area contributed by atoms with Crippen molar-refractivity contribution in [3.8, 4) is 11.5 Å². The van der Waals surface area contributed by atoms with E-state index < -0.39 is 0 Å². The minimum atomic E-state index is 0.0609. The quantitative estimate of drug-likeness (QED) is 0.589. The van der Waals surface area contributed by atoms with E-state index in [1.165, 1.54) is 0 Å². The van der Waals surface area contributed by atoms with Crippen molar-refractivity contribution in [1.29, 1.82) is 0 Å². The molecule has 106 valence electrons. The van der Waals surface area contributed by atoms with Crippen LogP contribution >= 0.6 is 15.9 Å². The minimum absolute atomic E-state index is 0.0609. The molecule has 0 fully saturated rings. The summed E-state index contributed by atoms with van der Waals surface area (Å²) < 4.78 is 10.4. The second-order valence-corrected chi connectivity index (χ2v) is 4.89. The third kappa shape index (κ3) is 5.51. The molecule has 1 rings (SSSR count). The van der Waals surface area contributed by atoms with Crippen molar-refractivity contribution in [1.82, 2.24) is 5.32 Å². The smallest absolute Gasteiger partial charge is 0.220 e. The highest BCUT2D eigenvalue weighted by Gasteiger charge is 2.07. The number of halogens is 1. The van der Waals surface area contributed by atoms with Gasteiger partial charge in [0.15, 0.2) is 0 Å². The zero-order valence-corrected chi connectivity index (χ0v) is 13.0. The van der Waals surface area contributed by atoms with Gasteiger partial charge in [0.1, 0.15) is 11.5 Å². The van der Waals surface area contributed by atoms with Crippen LogP contribution in [0.4, 0.5) is 0 Å². The highest BCUT2D eigenvalue weighted by molar-refractivity contribution is 9.09. The van der Waals surface area contributed by atoms with Gasteiger partial charge in [-0.25, -0.2) is 0 Å². The van der Waals surface area contributed by atoms with Crippen molar-refractivity contribution >= 4 is 21.8 Å². The number of benzene rings is 1. The number of nitrogens with one attached hydrogen (secondary N) is 1. The Morgan fingerprint density at radius 3 is 2.68 bits per heavy atom. The summed E-state index contributed by atoms with van der Waals surface area (Å²) in [6.45, 7) is 0.452. The lowest BCUT2D eigenvalue weighted by atomic mass is 10.1. The van der Waals surface area contributed by atoms with Crippen molar-refractivity contribution in [3.05, 3.63) is 23.8 Å². The van der Waals surface area contributed by atoms with Crippen LogP contribution in [0, 0.1) is 0 Å². The van der Waals surface area contributed by atoms with E-state index in [2.05, 4.69) is 21.2 Å². The molecule has 5 heteroatoms. The maximum atomic E-state index is 11.6. The van der Waals surface area contributed by atoms with Crippen LogP contribution in [0.5, 0.6) is 11.5 Å². The van der Waals surface area contributed by atoms with Gasteiger partial charge in [-0.3, -0.25) is 4.79 Å². The van der Waals surface area contributed by atoms with Gasteiger partial charge in [0.05, 0.1) is 14.2 Å². The molecule has 1 amide bonds. The number of carbonyl (C=O) groups excluding carboxylic acids is 1. The zero-order chi connectivity index (χ0) is 14.1. The van der Waals surface area contributed by atoms with Crippen LogP contribution in [0.25, 0.3) is 0 Å². The third-order valence-electron chi connectivity index (χ3n) is 2.75. The van der Waals surface area contributed by atoms with Gasteiger partial charge in [-0.1, -0.05) is 15.9 Å². The summed E-state index contributed by atoms with van der Waals surface area (Å²) in [5.74, 6) is 1.57. The summed E-state index contributed by atoms with van der Waals surface area (Å²) >= 11 is 3.35. The molecule has 1 N–H and O–H groups in total. The number of amides is 1. The van der Waals surface area contributed by atoms with Crippen LogP contribution < -0.4 is 14.8 Å². The standard InChI is InChI=1S/C14H20BrNO3/c1-18-12-6-7-13(19-2)11(9-12)10-16-14(17)5-3-4-8-15/h6-7,9H,3-5,8,10H2,1-2H3,(H,16,17). The van der Waals surface area contributed by atoms with E-state index in [4.69, 9.17) is 9.47 Å². The van der Waals surface area contributed by atoms with Crippen molar-refractivity contribution in [2.75, 3.05) is 19.5 Å². The van der Waals surface area contributed by atoms with Gasteiger partial charge in [0.25, 0.3) is 0 Å². The lowest BCUT2D eigenvalue weighted by Crippen LogP contribution is -2.22. The molecule has 19 heavy (non-hydrogen) atoms. The molecule has 0 spiro atoms. The van der Waals surface area contributed by atoms with Crippen LogP contribution in [-0.2, 0) is 11.3 Å². The van der Waals surface area contributed by atoms with E-state index in [9.17, 15) is 4.79 Å². The predicted molar refractivity (Wildman–Crippen MR) is 79.0 cm³/mol. The zero-order valence-electron chi connectivity index (χ0n) is 11.4. The fraction of sp³-hybridized carbons (Fsp3) is 0.500. The summed E-state index contributed by atoms with van der Waals surface area (Å²) in [6, 6.07) is 5.54. The summed E-state index contributed by atoms with van der Waals surface area (Å²) in [7, 11) is 3.23. The molecule has 4 nitrogen and oxygen atoms in total. The molecule has 0 saturated carbocycles. The molecule has 0 aromatic heterocycles. The molecule has 0 radical (unpaired) electrons. The Balaban J connectivity index is 2.53. The highest BCUT2D eigenvalue weighted by atomic mass is 79.9. The van der Waals surface area contributed by atoms with Crippen molar-refractivity contribution in [2.24, 2.45) is 0 Å². The number of alkyl halides is 1. The van der Waals surface area contributed by atoms with Crippen molar-refractivity contribution in [2.45, 2.75) is 25.8 Å². The number of hydrogen-bond donors (Lipinski definition) is 1. The number of hydrogen-bond acceptors (Lipinski definition) is 3. The molecule has 0 bridgehead atoms. The first-order valence-corrected chi connectivity index (χ1v) is 7.37. The minimum Gasteiger partial charge on any atom is -0.497 e. The molecule has 1 aromatic rings. The Morgan fingerprint density at radius 1 is 1.26 bits per heavy atom. The van der Waals surface area contributed by atoms with Gasteiger partial charge in [-0.2, -0.15) is 0 Å². The SMILES string of the molecule is COc1ccc(OC)c(CNC(=O)CCCCBr)c1. The lowest BCUT2D eigenvalue weighted by Gasteiger charge is -2.11. The molecule has 0 atom stereocenters. The van der Waals surface area contributed by atoms with Gasteiger partial charge < -0.3 is 14.8 Å². The number of unbranched alkanes of at least 4 members (excludes halogenated alkanes) is 1. The Hall–Kier alpha value is -1.23. The van der Waals surface area contributed by atoms with Crippen LogP contribution in [0.15, 0.2) is 18.2 Å². The lowest BCUT2D eigenvalue weighted by molar-refractivity contribution is -0.121. The molecule has 0 unspecified atom stereocenters. The Bertz CT molecular complexity index is 410. The van der Waals surface area contributed by atoms with Gasteiger partial charge in [0.2, 0.25) is 5.91 Å². The summed E-state index contributed by atoms with van der Waals surface area (Å²) in [5.41, 5.74) is 0.913. The van der Waals surface area contributed by atoms with E-state index in [-0.39, 0.29) is 5.91 Å². The van der Waals surface area contributed by atoms with Crippen LogP contribution in [0.2, 0.25) is 0 Å². The van der Waals surface area contributed by atoms with Crippen molar-refractivity contribution < 1.29 is 14.3 Å². The fourth-order valence-electron chi connectivity index (χ4n) is 1.68. The molecule has 1 aromatic carbocycles. The molecular formula is C14H20BrNO3. The first kappa shape index (κ1) is 15.8. The van der Waals surface area contributed by atoms with E-state index in [1.807, 2.05) is 18.2 Å². The molecule has 0 aliphatic rings. The third-order valence-corrected chi connectivity index (χ3v) is 3.31. The van der Waals surface area contributed by atoms with E-state index >= 15 is 0 Å². The van der Waals surface area contributed by atoms with Crippen LogP contribution in [-0.4, -0.2) is 25.5 Å². The number of methoxy groups -OCH3 is 2. The van der Waals surface area contributed by atoms with Gasteiger partial charge in [-0.15, -0.1) is 0 Å². The molecule has 0 saturated heterocycles. The van der Waals surface area contributed by atoms with Gasteiger partial charge in [0, 0.05) is 23.9 Å². The Kier molecular flexibility index (Phi) is 7.33. The maximum absolute atomic E-state index is 11.6. The monoisotopic (exact) mass is 329 g/mol. The normalized spacial score (nSPS) is 10.1. The first-order chi connectivity index (χ1) is 9.21. The second kappa shape index (κ2) is 8.80. The topological polar surface area (TPSA) is 47.6 Å². The maximum Gasteiger partial charge on any atom is 0.220 e. The largest absolute Gasteiger partial charge is 0.497 e. The van der Waals surface area contributed by atoms with Crippen LogP contribution in [0.3, 0.4) is 0 Å². The first-order valence-electron chi connectivity index (χ1n) is 6.24. The highest BCUT2D eigenvalue weighted by Crippen LogP contribution is 2.23. The van der Waals surface area contributed by atoms with Gasteiger partial charge >= 0.3 is 0 Å².